The van der Waals surface area contributed by atoms with E-state index in [0.29, 0.717) is 22.3 Å². The molecule has 0 heterocycles. The number of hydrogen-bond donors (Lipinski definition) is 1. The van der Waals surface area contributed by atoms with Gasteiger partial charge in [-0.05, 0) is 55.2 Å². The molecule has 2 aromatic rings. The van der Waals surface area contributed by atoms with Crippen molar-refractivity contribution in [3.63, 3.8) is 0 Å². The van der Waals surface area contributed by atoms with Crippen molar-refractivity contribution in [1.82, 2.24) is 10.2 Å². The molecule has 0 unspecified atom stereocenters. The number of carbonyl (C=O) groups is 2. The van der Waals surface area contributed by atoms with Crippen LogP contribution in [0.4, 0.5) is 5.69 Å². The molecule has 1 aliphatic carbocycles. The second-order valence-corrected chi connectivity index (χ2v) is 11.9. The standard InChI is InChI=1S/C26H34BrN3O5S/c1-4-24(26(32)28-21-9-5-6-10-21)29(17-19-12-14-23(35-2)15-13-19)25(31)18-30(36(3,33)34)22-11-7-8-20(27)16-22/h7-8,11-16,21,24H,4-6,9-10,17-18H2,1-3H3,(H,28,32)/t24-/m0/s1. The van der Waals surface area contributed by atoms with Gasteiger partial charge in [0.1, 0.15) is 18.3 Å². The molecule has 3 rings (SSSR count). The number of ether oxygens (including phenoxy) is 1. The van der Waals surface area contributed by atoms with Crippen molar-refractivity contribution >= 4 is 43.5 Å². The van der Waals surface area contributed by atoms with Crippen LogP contribution in [0.15, 0.2) is 53.0 Å². The molecular weight excluding hydrogens is 546 g/mol. The maximum absolute atomic E-state index is 13.7. The van der Waals surface area contributed by atoms with Gasteiger partial charge in [-0.15, -0.1) is 0 Å². The van der Waals surface area contributed by atoms with Gasteiger partial charge in [0.25, 0.3) is 0 Å². The summed E-state index contributed by atoms with van der Waals surface area (Å²) in [4.78, 5) is 28.5. The van der Waals surface area contributed by atoms with Gasteiger partial charge in [0, 0.05) is 17.1 Å². The lowest BCUT2D eigenvalue weighted by atomic mass is 10.1. The van der Waals surface area contributed by atoms with Gasteiger partial charge in [-0.25, -0.2) is 8.42 Å². The number of anilines is 1. The Morgan fingerprint density at radius 3 is 2.36 bits per heavy atom. The first-order chi connectivity index (χ1) is 17.1. The molecule has 0 aromatic heterocycles. The molecule has 0 spiro atoms. The van der Waals surface area contributed by atoms with Gasteiger partial charge in [-0.3, -0.25) is 13.9 Å². The SMILES string of the molecule is CC[C@@H](C(=O)NC1CCCC1)N(Cc1ccc(OC)cc1)C(=O)CN(c1cccc(Br)c1)S(C)(=O)=O. The molecule has 196 valence electrons. The Balaban J connectivity index is 1.91. The molecule has 1 atom stereocenters. The lowest BCUT2D eigenvalue weighted by molar-refractivity contribution is -0.140. The van der Waals surface area contributed by atoms with Crippen molar-refractivity contribution in [2.24, 2.45) is 0 Å². The Bertz CT molecular complexity index is 1150. The number of nitrogens with zero attached hydrogens (tertiary/aromatic N) is 2. The van der Waals surface area contributed by atoms with Crippen LogP contribution in [0.1, 0.15) is 44.6 Å². The predicted octanol–water partition coefficient (Wildman–Crippen LogP) is 4.09. The highest BCUT2D eigenvalue weighted by Gasteiger charge is 2.33. The molecule has 10 heteroatoms. The number of hydrogen-bond acceptors (Lipinski definition) is 5. The summed E-state index contributed by atoms with van der Waals surface area (Å²) in [6, 6.07) is 13.4. The largest absolute Gasteiger partial charge is 0.497 e. The summed E-state index contributed by atoms with van der Waals surface area (Å²) in [7, 11) is -2.19. The van der Waals surface area contributed by atoms with E-state index in [0.717, 1.165) is 41.8 Å². The third-order valence-electron chi connectivity index (χ3n) is 6.37. The Labute approximate surface area is 222 Å². The third-order valence-corrected chi connectivity index (χ3v) is 8.01. The minimum Gasteiger partial charge on any atom is -0.497 e. The van der Waals surface area contributed by atoms with E-state index in [-0.39, 0.29) is 18.5 Å². The molecule has 0 radical (unpaired) electrons. The first kappa shape index (κ1) is 28.0. The molecule has 2 aromatic carbocycles. The molecule has 0 saturated heterocycles. The average molecular weight is 581 g/mol. The Morgan fingerprint density at radius 1 is 1.14 bits per heavy atom. The maximum Gasteiger partial charge on any atom is 0.244 e. The lowest BCUT2D eigenvalue weighted by Gasteiger charge is -2.33. The van der Waals surface area contributed by atoms with Crippen molar-refractivity contribution in [1.29, 1.82) is 0 Å². The predicted molar refractivity (Wildman–Crippen MR) is 144 cm³/mol. The van der Waals surface area contributed by atoms with Crippen LogP contribution in [0.5, 0.6) is 5.75 Å². The Hall–Kier alpha value is -2.59. The average Bonchev–Trinajstić information content (AvgIpc) is 3.35. The topological polar surface area (TPSA) is 96.0 Å². The van der Waals surface area contributed by atoms with Gasteiger partial charge in [0.15, 0.2) is 0 Å². The number of nitrogens with one attached hydrogen (secondary N) is 1. The molecule has 1 N–H and O–H groups in total. The van der Waals surface area contributed by atoms with Crippen molar-refractivity contribution < 1.29 is 22.7 Å². The highest BCUT2D eigenvalue weighted by molar-refractivity contribution is 9.10. The van der Waals surface area contributed by atoms with Crippen molar-refractivity contribution in [3.8, 4) is 5.75 Å². The molecule has 8 nitrogen and oxygen atoms in total. The van der Waals surface area contributed by atoms with Gasteiger partial charge in [-0.1, -0.05) is 53.9 Å². The zero-order valence-electron chi connectivity index (χ0n) is 20.9. The highest BCUT2D eigenvalue weighted by Crippen LogP contribution is 2.24. The second-order valence-electron chi connectivity index (χ2n) is 9.03. The first-order valence-corrected chi connectivity index (χ1v) is 14.7. The zero-order chi connectivity index (χ0) is 26.3. The highest BCUT2D eigenvalue weighted by atomic mass is 79.9. The van der Waals surface area contributed by atoms with Crippen molar-refractivity contribution in [2.75, 3.05) is 24.2 Å². The summed E-state index contributed by atoms with van der Waals surface area (Å²) in [5, 5.41) is 3.10. The maximum atomic E-state index is 13.7. The first-order valence-electron chi connectivity index (χ1n) is 12.1. The van der Waals surface area contributed by atoms with Gasteiger partial charge in [0.2, 0.25) is 21.8 Å². The van der Waals surface area contributed by atoms with Gasteiger partial charge in [-0.2, -0.15) is 0 Å². The van der Waals surface area contributed by atoms with E-state index >= 15 is 0 Å². The van der Waals surface area contributed by atoms with E-state index in [9.17, 15) is 18.0 Å². The second kappa shape index (κ2) is 12.6. The summed E-state index contributed by atoms with van der Waals surface area (Å²) >= 11 is 3.36. The van der Waals surface area contributed by atoms with Gasteiger partial charge in [0.05, 0.1) is 19.1 Å². The smallest absolute Gasteiger partial charge is 0.244 e. The molecule has 1 aliphatic rings. The third kappa shape index (κ3) is 7.46. The molecule has 2 amide bonds. The summed E-state index contributed by atoms with van der Waals surface area (Å²) in [5.74, 6) is 0.0183. The van der Waals surface area contributed by atoms with E-state index in [1.165, 1.54) is 4.90 Å². The summed E-state index contributed by atoms with van der Waals surface area (Å²) in [6.07, 6.45) is 5.48. The lowest BCUT2D eigenvalue weighted by Crippen LogP contribution is -2.53. The number of benzene rings is 2. The number of amides is 2. The Kier molecular flexibility index (Phi) is 9.78. The van der Waals surface area contributed by atoms with E-state index in [1.807, 2.05) is 19.1 Å². The molecular formula is C26H34BrN3O5S. The summed E-state index contributed by atoms with van der Waals surface area (Å²) < 4.78 is 32.4. The summed E-state index contributed by atoms with van der Waals surface area (Å²) in [5.41, 5.74) is 1.18. The molecule has 1 saturated carbocycles. The van der Waals surface area contributed by atoms with Crippen LogP contribution < -0.4 is 14.4 Å². The van der Waals surface area contributed by atoms with Crippen LogP contribution in [-0.2, 0) is 26.2 Å². The quantitative estimate of drug-likeness (QED) is 0.432. The van der Waals surface area contributed by atoms with E-state index in [2.05, 4.69) is 21.2 Å². The van der Waals surface area contributed by atoms with Crippen LogP contribution in [0.3, 0.4) is 0 Å². The van der Waals surface area contributed by atoms with Crippen molar-refractivity contribution in [3.05, 3.63) is 58.6 Å². The van der Waals surface area contributed by atoms with Gasteiger partial charge >= 0.3 is 0 Å². The van der Waals surface area contributed by atoms with E-state index in [4.69, 9.17) is 4.74 Å². The number of sulfonamides is 1. The van der Waals surface area contributed by atoms with E-state index < -0.39 is 28.5 Å². The fraction of sp³-hybridized carbons (Fsp3) is 0.462. The number of methoxy groups -OCH3 is 1. The summed E-state index contributed by atoms with van der Waals surface area (Å²) in [6.45, 7) is 1.60. The van der Waals surface area contributed by atoms with Crippen molar-refractivity contribution in [2.45, 2.75) is 57.7 Å². The van der Waals surface area contributed by atoms with Gasteiger partial charge < -0.3 is 15.0 Å². The van der Waals surface area contributed by atoms with Crippen LogP contribution in [-0.4, -0.2) is 57.1 Å². The minimum absolute atomic E-state index is 0.110. The monoisotopic (exact) mass is 579 g/mol. The van der Waals surface area contributed by atoms with E-state index in [1.54, 1.807) is 43.5 Å². The normalized spacial score (nSPS) is 14.8. The fourth-order valence-electron chi connectivity index (χ4n) is 4.46. The molecule has 0 bridgehead atoms. The zero-order valence-corrected chi connectivity index (χ0v) is 23.3. The fourth-order valence-corrected chi connectivity index (χ4v) is 5.69. The minimum atomic E-state index is -3.77. The molecule has 36 heavy (non-hydrogen) atoms. The number of halogens is 1. The van der Waals surface area contributed by atoms with Crippen LogP contribution in [0, 0.1) is 0 Å². The number of rotatable bonds is 11. The van der Waals surface area contributed by atoms with Crippen LogP contribution >= 0.6 is 15.9 Å². The molecule has 0 aliphatic heterocycles. The number of carbonyl (C=O) groups excluding carboxylic acids is 2. The van der Waals surface area contributed by atoms with Crippen LogP contribution in [0.25, 0.3) is 0 Å². The van der Waals surface area contributed by atoms with Crippen LogP contribution in [0.2, 0.25) is 0 Å². The molecule has 1 fully saturated rings. The Morgan fingerprint density at radius 2 is 1.81 bits per heavy atom.